The van der Waals surface area contributed by atoms with Crippen molar-refractivity contribution in [3.63, 3.8) is 0 Å². The van der Waals surface area contributed by atoms with Crippen molar-refractivity contribution in [1.82, 2.24) is 5.32 Å². The van der Waals surface area contributed by atoms with Crippen LogP contribution in [0.5, 0.6) is 0 Å². The van der Waals surface area contributed by atoms with Gasteiger partial charge in [-0.3, -0.25) is 0 Å². The average molecular weight is 384 g/mol. The molecule has 0 aliphatic carbocycles. The number of aliphatic hydroxyl groups is 1. The molecule has 0 aliphatic rings. The maximum atomic E-state index is 10.1. The fourth-order valence-electron chi connectivity index (χ4n) is 2.53. The van der Waals surface area contributed by atoms with Crippen molar-refractivity contribution in [2.24, 2.45) is 0 Å². The van der Waals surface area contributed by atoms with E-state index in [1.165, 1.54) is 11.1 Å². The van der Waals surface area contributed by atoms with Gasteiger partial charge in [-0.15, -0.1) is 12.4 Å². The molecule has 2 rings (SSSR count). The number of nitrogens with one attached hydrogen (secondary N) is 1. The Labute approximate surface area is 161 Å². The van der Waals surface area contributed by atoms with Crippen LogP contribution in [0.15, 0.2) is 48.5 Å². The van der Waals surface area contributed by atoms with E-state index in [2.05, 4.69) is 43.4 Å². The Balaban J connectivity index is 0.00000312. The highest BCUT2D eigenvalue weighted by atomic mass is 35.5. The van der Waals surface area contributed by atoms with Crippen molar-refractivity contribution >= 4 is 24.0 Å². The molecule has 0 aliphatic heterocycles. The summed E-state index contributed by atoms with van der Waals surface area (Å²) in [5.41, 5.74) is 3.55. The zero-order valence-electron chi connectivity index (χ0n) is 14.7. The third-order valence-corrected chi connectivity index (χ3v) is 4.23. The molecule has 0 fully saturated rings. The van der Waals surface area contributed by atoms with Gasteiger partial charge in [0, 0.05) is 17.6 Å². The number of rotatable bonds is 9. The predicted octanol–water partition coefficient (Wildman–Crippen LogP) is 4.69. The Morgan fingerprint density at radius 1 is 1.08 bits per heavy atom. The van der Waals surface area contributed by atoms with E-state index >= 15 is 0 Å². The van der Waals surface area contributed by atoms with Gasteiger partial charge in [0.15, 0.2) is 0 Å². The molecular weight excluding hydrogens is 357 g/mol. The molecule has 2 aromatic rings. The third kappa shape index (κ3) is 7.76. The summed E-state index contributed by atoms with van der Waals surface area (Å²) >= 11 is 5.85. The van der Waals surface area contributed by atoms with Crippen LogP contribution in [0.1, 0.15) is 36.1 Å². The molecule has 0 heterocycles. The molecule has 2 N–H and O–H groups in total. The monoisotopic (exact) mass is 383 g/mol. The number of benzene rings is 2. The maximum Gasteiger partial charge on any atom is 0.0898 e. The standard InChI is InChI=1S/C20H26ClNO2.ClH/c1-3-20(17-8-4-15(2)5-9-17)22-12-19(23)14-24-13-16-6-10-18(21)11-7-16;/h4-11,19-20,22-23H,3,12-14H2,1-2H3;1H. The van der Waals surface area contributed by atoms with E-state index in [0.717, 1.165) is 12.0 Å². The van der Waals surface area contributed by atoms with Gasteiger partial charge in [-0.25, -0.2) is 0 Å². The van der Waals surface area contributed by atoms with Gasteiger partial charge < -0.3 is 15.2 Å². The minimum Gasteiger partial charge on any atom is -0.389 e. The number of hydrogen-bond acceptors (Lipinski definition) is 3. The molecule has 0 amide bonds. The number of ether oxygens (including phenoxy) is 1. The largest absolute Gasteiger partial charge is 0.389 e. The highest BCUT2D eigenvalue weighted by Gasteiger charge is 2.11. The molecule has 2 aromatic carbocycles. The summed E-state index contributed by atoms with van der Waals surface area (Å²) in [5.74, 6) is 0. The molecule has 0 bridgehead atoms. The van der Waals surface area contributed by atoms with Gasteiger partial charge in [0.05, 0.1) is 19.3 Å². The second-order valence-electron chi connectivity index (χ2n) is 6.08. The summed E-state index contributed by atoms with van der Waals surface area (Å²) in [6.07, 6.45) is 0.443. The normalized spacial score (nSPS) is 13.1. The Morgan fingerprint density at radius 2 is 1.72 bits per heavy atom. The van der Waals surface area contributed by atoms with E-state index in [1.54, 1.807) is 0 Å². The van der Waals surface area contributed by atoms with Crippen molar-refractivity contribution < 1.29 is 9.84 Å². The van der Waals surface area contributed by atoms with Gasteiger partial charge >= 0.3 is 0 Å². The summed E-state index contributed by atoms with van der Waals surface area (Å²) in [6.45, 7) is 5.51. The number of aliphatic hydroxyl groups excluding tert-OH is 1. The zero-order valence-corrected chi connectivity index (χ0v) is 16.3. The number of hydrogen-bond donors (Lipinski definition) is 2. The molecule has 0 spiro atoms. The zero-order chi connectivity index (χ0) is 17.4. The van der Waals surface area contributed by atoms with Gasteiger partial charge in [0.1, 0.15) is 0 Å². The second-order valence-corrected chi connectivity index (χ2v) is 6.51. The van der Waals surface area contributed by atoms with Crippen molar-refractivity contribution in [3.05, 3.63) is 70.2 Å². The van der Waals surface area contributed by atoms with Crippen LogP contribution in [-0.4, -0.2) is 24.4 Å². The van der Waals surface area contributed by atoms with E-state index in [1.807, 2.05) is 24.3 Å². The minimum absolute atomic E-state index is 0. The summed E-state index contributed by atoms with van der Waals surface area (Å²) in [5, 5.41) is 14.2. The van der Waals surface area contributed by atoms with E-state index in [4.69, 9.17) is 16.3 Å². The molecular formula is C20H27Cl2NO2. The predicted molar refractivity (Wildman–Crippen MR) is 107 cm³/mol. The van der Waals surface area contributed by atoms with Crippen LogP contribution in [0, 0.1) is 6.92 Å². The maximum absolute atomic E-state index is 10.1. The van der Waals surface area contributed by atoms with Crippen LogP contribution in [-0.2, 0) is 11.3 Å². The van der Waals surface area contributed by atoms with Crippen molar-refractivity contribution in [1.29, 1.82) is 0 Å². The van der Waals surface area contributed by atoms with E-state index < -0.39 is 6.10 Å². The first-order valence-corrected chi connectivity index (χ1v) is 8.76. The average Bonchev–Trinajstić information content (AvgIpc) is 2.58. The van der Waals surface area contributed by atoms with Crippen molar-refractivity contribution in [3.8, 4) is 0 Å². The fourth-order valence-corrected chi connectivity index (χ4v) is 2.65. The molecule has 5 heteroatoms. The minimum atomic E-state index is -0.531. The molecule has 2 atom stereocenters. The van der Waals surface area contributed by atoms with Gasteiger partial charge in [-0.2, -0.15) is 0 Å². The van der Waals surface area contributed by atoms with Crippen LogP contribution < -0.4 is 5.32 Å². The Hall–Kier alpha value is -1.10. The van der Waals surface area contributed by atoms with Crippen molar-refractivity contribution in [2.45, 2.75) is 39.0 Å². The highest BCUT2D eigenvalue weighted by molar-refractivity contribution is 6.30. The van der Waals surface area contributed by atoms with E-state index in [-0.39, 0.29) is 18.4 Å². The molecule has 0 radical (unpaired) electrons. The summed E-state index contributed by atoms with van der Waals surface area (Å²) in [7, 11) is 0. The SMILES string of the molecule is CCC(NCC(O)COCc1ccc(Cl)cc1)c1ccc(C)cc1.Cl. The van der Waals surface area contributed by atoms with E-state index in [0.29, 0.717) is 24.8 Å². The van der Waals surface area contributed by atoms with Crippen LogP contribution in [0.25, 0.3) is 0 Å². The van der Waals surface area contributed by atoms with Crippen LogP contribution in [0.3, 0.4) is 0 Å². The molecule has 2 unspecified atom stereocenters. The Kier molecular flexibility index (Phi) is 10.1. The lowest BCUT2D eigenvalue weighted by molar-refractivity contribution is 0.0275. The van der Waals surface area contributed by atoms with Crippen LogP contribution >= 0.6 is 24.0 Å². The molecule has 0 aromatic heterocycles. The van der Waals surface area contributed by atoms with Crippen LogP contribution in [0.2, 0.25) is 5.02 Å². The highest BCUT2D eigenvalue weighted by Crippen LogP contribution is 2.17. The molecule has 25 heavy (non-hydrogen) atoms. The van der Waals surface area contributed by atoms with Gasteiger partial charge in [0.25, 0.3) is 0 Å². The Bertz CT molecular complexity index is 602. The fraction of sp³-hybridized carbons (Fsp3) is 0.400. The summed E-state index contributed by atoms with van der Waals surface area (Å²) in [6, 6.07) is 16.3. The van der Waals surface area contributed by atoms with Gasteiger partial charge in [-0.1, -0.05) is 60.5 Å². The first-order valence-electron chi connectivity index (χ1n) is 8.38. The lowest BCUT2D eigenvalue weighted by atomic mass is 10.0. The number of aryl methyl sites for hydroxylation is 1. The molecule has 3 nitrogen and oxygen atoms in total. The molecule has 138 valence electrons. The van der Waals surface area contributed by atoms with E-state index in [9.17, 15) is 5.11 Å². The Morgan fingerprint density at radius 3 is 2.32 bits per heavy atom. The summed E-state index contributed by atoms with van der Waals surface area (Å²) in [4.78, 5) is 0. The number of halogens is 2. The quantitative estimate of drug-likeness (QED) is 0.659. The molecule has 0 saturated heterocycles. The van der Waals surface area contributed by atoms with Gasteiger partial charge in [-0.05, 0) is 36.6 Å². The topological polar surface area (TPSA) is 41.5 Å². The second kappa shape index (κ2) is 11.5. The van der Waals surface area contributed by atoms with Gasteiger partial charge in [0.2, 0.25) is 0 Å². The molecule has 0 saturated carbocycles. The smallest absolute Gasteiger partial charge is 0.0898 e. The van der Waals surface area contributed by atoms with Crippen molar-refractivity contribution in [2.75, 3.05) is 13.2 Å². The summed E-state index contributed by atoms with van der Waals surface area (Å²) < 4.78 is 5.58. The first-order chi connectivity index (χ1) is 11.6. The lowest BCUT2D eigenvalue weighted by Gasteiger charge is -2.20. The van der Waals surface area contributed by atoms with Crippen LogP contribution in [0.4, 0.5) is 0 Å². The lowest BCUT2D eigenvalue weighted by Crippen LogP contribution is -2.33. The third-order valence-electron chi connectivity index (χ3n) is 3.98. The first kappa shape index (κ1) is 21.9.